The van der Waals surface area contributed by atoms with Crippen LogP contribution in [0.15, 0.2) is 24.3 Å². The van der Waals surface area contributed by atoms with Crippen LogP contribution in [0.5, 0.6) is 0 Å². The molecule has 0 radical (unpaired) electrons. The van der Waals surface area contributed by atoms with E-state index in [2.05, 4.69) is 31.4 Å². The number of nitrogens with zero attached hydrogens (tertiary/aromatic N) is 1. The molecule has 1 atom stereocenters. The van der Waals surface area contributed by atoms with E-state index in [0.717, 1.165) is 12.0 Å². The number of amides is 1. The second kappa shape index (κ2) is 6.84. The molecular formula is C16H22ClN3OS. The second-order valence-electron chi connectivity index (χ2n) is 6.36. The van der Waals surface area contributed by atoms with Crippen LogP contribution in [-0.2, 0) is 11.3 Å². The number of nitrogens with one attached hydrogen (secondary N) is 2. The van der Waals surface area contributed by atoms with Crippen molar-refractivity contribution >= 4 is 34.8 Å². The third-order valence-electron chi connectivity index (χ3n) is 3.79. The highest BCUT2D eigenvalue weighted by molar-refractivity contribution is 7.80. The summed E-state index contributed by atoms with van der Waals surface area (Å²) < 4.78 is 0. The third kappa shape index (κ3) is 4.34. The van der Waals surface area contributed by atoms with Gasteiger partial charge in [0.05, 0.1) is 6.54 Å². The standard InChI is InChI=1S/C16H22ClN3OS/c1-11-8-16(2,3)19-15(22)20(11)10-14(21)18-9-12-6-4-5-7-13(12)17/h4-7,11H,8-10H2,1-3H3,(H,18,21)(H,19,22)/t11-/m1/s1. The zero-order valence-electron chi connectivity index (χ0n) is 13.1. The number of hydrogen-bond acceptors (Lipinski definition) is 2. The van der Waals surface area contributed by atoms with E-state index in [1.807, 2.05) is 29.2 Å². The van der Waals surface area contributed by atoms with Crippen LogP contribution in [0, 0.1) is 0 Å². The van der Waals surface area contributed by atoms with Crippen molar-refractivity contribution in [1.29, 1.82) is 0 Å². The molecule has 0 aromatic heterocycles. The Balaban J connectivity index is 1.89. The summed E-state index contributed by atoms with van der Waals surface area (Å²) in [5.74, 6) is -0.0596. The number of rotatable bonds is 4. The molecule has 1 aromatic rings. The van der Waals surface area contributed by atoms with Crippen LogP contribution >= 0.6 is 23.8 Å². The molecule has 0 spiro atoms. The molecule has 0 bridgehead atoms. The molecule has 1 saturated heterocycles. The van der Waals surface area contributed by atoms with E-state index in [-0.39, 0.29) is 24.0 Å². The smallest absolute Gasteiger partial charge is 0.239 e. The second-order valence-corrected chi connectivity index (χ2v) is 7.16. The number of halogens is 1. The summed E-state index contributed by atoms with van der Waals surface area (Å²) in [4.78, 5) is 14.1. The fourth-order valence-corrected chi connectivity index (χ4v) is 3.46. The summed E-state index contributed by atoms with van der Waals surface area (Å²) >= 11 is 11.5. The number of hydrogen-bond donors (Lipinski definition) is 2. The van der Waals surface area contributed by atoms with Gasteiger partial charge >= 0.3 is 0 Å². The molecule has 120 valence electrons. The number of carbonyl (C=O) groups is 1. The molecule has 0 aliphatic carbocycles. The fourth-order valence-electron chi connectivity index (χ4n) is 2.74. The van der Waals surface area contributed by atoms with Gasteiger partial charge in [-0.05, 0) is 51.0 Å². The molecule has 4 nitrogen and oxygen atoms in total. The third-order valence-corrected chi connectivity index (χ3v) is 4.50. The summed E-state index contributed by atoms with van der Waals surface area (Å²) in [6, 6.07) is 7.73. The Hall–Kier alpha value is -1.33. The predicted octanol–water partition coefficient (Wildman–Crippen LogP) is 2.70. The zero-order valence-corrected chi connectivity index (χ0v) is 14.7. The Morgan fingerprint density at radius 1 is 1.50 bits per heavy atom. The minimum absolute atomic E-state index is 0.0267. The largest absolute Gasteiger partial charge is 0.358 e. The van der Waals surface area contributed by atoms with Crippen molar-refractivity contribution in [1.82, 2.24) is 15.5 Å². The van der Waals surface area contributed by atoms with Gasteiger partial charge in [-0.2, -0.15) is 0 Å². The van der Waals surface area contributed by atoms with Crippen LogP contribution < -0.4 is 10.6 Å². The molecule has 22 heavy (non-hydrogen) atoms. The van der Waals surface area contributed by atoms with Crippen LogP contribution in [0.4, 0.5) is 0 Å². The van der Waals surface area contributed by atoms with Gasteiger partial charge in [0.25, 0.3) is 0 Å². The first kappa shape index (κ1) is 17.0. The lowest BCUT2D eigenvalue weighted by Gasteiger charge is -2.44. The van der Waals surface area contributed by atoms with Crippen molar-refractivity contribution in [3.8, 4) is 0 Å². The first-order valence-electron chi connectivity index (χ1n) is 7.37. The zero-order chi connectivity index (χ0) is 16.3. The Morgan fingerprint density at radius 3 is 2.82 bits per heavy atom. The van der Waals surface area contributed by atoms with Crippen LogP contribution in [0.2, 0.25) is 5.02 Å². The Morgan fingerprint density at radius 2 is 2.18 bits per heavy atom. The van der Waals surface area contributed by atoms with Gasteiger partial charge in [-0.1, -0.05) is 29.8 Å². The van der Waals surface area contributed by atoms with E-state index in [4.69, 9.17) is 23.8 Å². The van der Waals surface area contributed by atoms with Gasteiger partial charge in [0.2, 0.25) is 5.91 Å². The van der Waals surface area contributed by atoms with Gasteiger partial charge in [-0.25, -0.2) is 0 Å². The van der Waals surface area contributed by atoms with Crippen molar-refractivity contribution < 1.29 is 4.79 Å². The molecule has 2 N–H and O–H groups in total. The first-order valence-corrected chi connectivity index (χ1v) is 8.16. The summed E-state index contributed by atoms with van der Waals surface area (Å²) in [6.45, 7) is 7.01. The summed E-state index contributed by atoms with van der Waals surface area (Å²) in [5, 5.41) is 7.47. The van der Waals surface area contributed by atoms with E-state index >= 15 is 0 Å². The van der Waals surface area contributed by atoms with Crippen LogP contribution in [-0.4, -0.2) is 34.0 Å². The normalized spacial score (nSPS) is 20.5. The quantitative estimate of drug-likeness (QED) is 0.828. The lowest BCUT2D eigenvalue weighted by Crippen LogP contribution is -2.61. The molecule has 1 heterocycles. The molecule has 1 aliphatic heterocycles. The average molecular weight is 340 g/mol. The maximum Gasteiger partial charge on any atom is 0.239 e. The van der Waals surface area contributed by atoms with Gasteiger partial charge in [-0.3, -0.25) is 4.79 Å². The lowest BCUT2D eigenvalue weighted by molar-refractivity contribution is -0.122. The predicted molar refractivity (Wildman–Crippen MR) is 93.9 cm³/mol. The number of carbonyl (C=O) groups excluding carboxylic acids is 1. The van der Waals surface area contributed by atoms with Crippen molar-refractivity contribution in [2.75, 3.05) is 6.54 Å². The summed E-state index contributed by atoms with van der Waals surface area (Å²) in [7, 11) is 0. The van der Waals surface area contributed by atoms with E-state index < -0.39 is 0 Å². The highest BCUT2D eigenvalue weighted by Gasteiger charge is 2.33. The molecule has 1 aliphatic rings. The van der Waals surface area contributed by atoms with Crippen molar-refractivity contribution in [2.45, 2.75) is 45.3 Å². The van der Waals surface area contributed by atoms with Crippen molar-refractivity contribution in [2.24, 2.45) is 0 Å². The van der Waals surface area contributed by atoms with Gasteiger partial charge in [0.15, 0.2) is 5.11 Å². The van der Waals surface area contributed by atoms with Crippen molar-refractivity contribution in [3.63, 3.8) is 0 Å². The summed E-state index contributed by atoms with van der Waals surface area (Å²) in [6.07, 6.45) is 0.935. The van der Waals surface area contributed by atoms with Gasteiger partial charge in [0.1, 0.15) is 0 Å². The summed E-state index contributed by atoms with van der Waals surface area (Å²) in [5.41, 5.74) is 0.882. The molecule has 1 amide bonds. The van der Waals surface area contributed by atoms with Gasteiger partial charge in [-0.15, -0.1) is 0 Å². The molecule has 1 aromatic carbocycles. The fraction of sp³-hybridized carbons (Fsp3) is 0.500. The minimum atomic E-state index is -0.0596. The minimum Gasteiger partial charge on any atom is -0.358 e. The number of thiocarbonyl (C=S) groups is 1. The SMILES string of the molecule is C[C@@H]1CC(C)(C)NC(=S)N1CC(=O)NCc1ccccc1Cl. The van der Waals surface area contributed by atoms with Crippen LogP contribution in [0.25, 0.3) is 0 Å². The van der Waals surface area contributed by atoms with E-state index in [1.165, 1.54) is 0 Å². The topological polar surface area (TPSA) is 44.4 Å². The Bertz CT molecular complexity index is 576. The molecule has 0 saturated carbocycles. The molecule has 6 heteroatoms. The highest BCUT2D eigenvalue weighted by Crippen LogP contribution is 2.21. The molecule has 2 rings (SSSR count). The first-order chi connectivity index (χ1) is 10.3. The van der Waals surface area contributed by atoms with Gasteiger partial charge in [0, 0.05) is 23.1 Å². The van der Waals surface area contributed by atoms with E-state index in [0.29, 0.717) is 16.7 Å². The monoisotopic (exact) mass is 339 g/mol. The molecular weight excluding hydrogens is 318 g/mol. The molecule has 1 fully saturated rings. The Labute approximate surface area is 142 Å². The lowest BCUT2D eigenvalue weighted by atomic mass is 9.93. The van der Waals surface area contributed by atoms with Crippen LogP contribution in [0.3, 0.4) is 0 Å². The van der Waals surface area contributed by atoms with E-state index in [9.17, 15) is 4.79 Å². The van der Waals surface area contributed by atoms with E-state index in [1.54, 1.807) is 0 Å². The van der Waals surface area contributed by atoms with Gasteiger partial charge < -0.3 is 15.5 Å². The van der Waals surface area contributed by atoms with Crippen molar-refractivity contribution in [3.05, 3.63) is 34.9 Å². The number of benzene rings is 1. The maximum atomic E-state index is 12.2. The molecule has 0 unspecified atom stereocenters. The Kier molecular flexibility index (Phi) is 5.29. The van der Waals surface area contributed by atoms with Crippen LogP contribution in [0.1, 0.15) is 32.8 Å². The maximum absolute atomic E-state index is 12.2. The highest BCUT2D eigenvalue weighted by atomic mass is 35.5. The average Bonchev–Trinajstić information content (AvgIpc) is 2.41.